The van der Waals surface area contributed by atoms with E-state index in [2.05, 4.69) is 19.6 Å². The number of carbonyl (C=O) groups excluding carboxylic acids is 1. The molecule has 0 atom stereocenters. The van der Waals surface area contributed by atoms with Crippen molar-refractivity contribution in [2.75, 3.05) is 31.1 Å². The van der Waals surface area contributed by atoms with Gasteiger partial charge in [0.2, 0.25) is 5.82 Å². The van der Waals surface area contributed by atoms with Crippen LogP contribution in [-0.2, 0) is 6.18 Å². The first-order chi connectivity index (χ1) is 14.3. The van der Waals surface area contributed by atoms with E-state index in [4.69, 9.17) is 0 Å². The van der Waals surface area contributed by atoms with Gasteiger partial charge in [0.15, 0.2) is 0 Å². The molecular weight excluding hydrogens is 399 g/mol. The Morgan fingerprint density at radius 2 is 1.73 bits per heavy atom. The number of pyridine rings is 1. The molecule has 1 fully saturated rings. The molecule has 4 rings (SSSR count). The average molecular weight is 417 g/mol. The molecule has 1 aliphatic rings. The summed E-state index contributed by atoms with van der Waals surface area (Å²) in [4.78, 5) is 24.1. The molecule has 0 aliphatic carbocycles. The second-order valence-electron chi connectivity index (χ2n) is 6.97. The van der Waals surface area contributed by atoms with Crippen molar-refractivity contribution in [3.05, 3.63) is 59.6 Å². The Balaban J connectivity index is 1.38. The average Bonchev–Trinajstić information content (AvgIpc) is 3.25. The molecule has 7 nitrogen and oxygen atoms in total. The molecule has 0 spiro atoms. The highest BCUT2D eigenvalue weighted by Gasteiger charge is 2.38. The molecule has 2 aromatic heterocycles. The van der Waals surface area contributed by atoms with Crippen molar-refractivity contribution in [1.29, 1.82) is 0 Å². The second-order valence-corrected chi connectivity index (χ2v) is 6.97. The molecule has 0 saturated carbocycles. The van der Waals surface area contributed by atoms with Gasteiger partial charge in [-0.05, 0) is 31.2 Å². The highest BCUT2D eigenvalue weighted by atomic mass is 19.4. The van der Waals surface area contributed by atoms with Gasteiger partial charge in [0.25, 0.3) is 5.91 Å². The number of benzene rings is 1. The van der Waals surface area contributed by atoms with Crippen LogP contribution < -0.4 is 4.90 Å². The molecule has 1 aliphatic heterocycles. The van der Waals surface area contributed by atoms with Crippen molar-refractivity contribution in [1.82, 2.24) is 20.0 Å². The number of piperazine rings is 1. The standard InChI is InChI=1S/C20H18F3N5O2/c1-13-2-4-14(5-3-13)18(29)28-10-8-27(9-11-28)16-7-6-15(12-24-16)17-25-19(30-26-17)20(21,22)23/h2-7,12H,8-11H2,1H3. The van der Waals surface area contributed by atoms with Crippen molar-refractivity contribution in [2.24, 2.45) is 0 Å². The second kappa shape index (κ2) is 7.77. The van der Waals surface area contributed by atoms with Gasteiger partial charge in [-0.15, -0.1) is 0 Å². The van der Waals surface area contributed by atoms with Crippen LogP contribution in [0, 0.1) is 6.92 Å². The fourth-order valence-corrected chi connectivity index (χ4v) is 3.18. The quantitative estimate of drug-likeness (QED) is 0.650. The lowest BCUT2D eigenvalue weighted by Gasteiger charge is -2.35. The van der Waals surface area contributed by atoms with Crippen LogP contribution in [0.1, 0.15) is 21.8 Å². The zero-order chi connectivity index (χ0) is 21.3. The third-order valence-electron chi connectivity index (χ3n) is 4.86. The van der Waals surface area contributed by atoms with Crippen molar-refractivity contribution < 1.29 is 22.5 Å². The minimum absolute atomic E-state index is 0.00414. The number of anilines is 1. The van der Waals surface area contributed by atoms with Gasteiger partial charge in [-0.25, -0.2) is 4.98 Å². The SMILES string of the molecule is Cc1ccc(C(=O)N2CCN(c3ccc(-c4noc(C(F)(F)F)n4)cn3)CC2)cc1. The number of hydrogen-bond acceptors (Lipinski definition) is 6. The van der Waals surface area contributed by atoms with Crippen LogP contribution in [0.15, 0.2) is 47.1 Å². The third kappa shape index (κ3) is 4.12. The summed E-state index contributed by atoms with van der Waals surface area (Å²) in [5.41, 5.74) is 2.09. The van der Waals surface area contributed by atoms with Crippen molar-refractivity contribution in [2.45, 2.75) is 13.1 Å². The number of aromatic nitrogens is 3. The van der Waals surface area contributed by atoms with Crippen LogP contribution in [0.25, 0.3) is 11.4 Å². The van der Waals surface area contributed by atoms with E-state index in [1.54, 1.807) is 17.0 Å². The number of rotatable bonds is 3. The molecule has 10 heteroatoms. The van der Waals surface area contributed by atoms with Crippen molar-refractivity contribution >= 4 is 11.7 Å². The molecule has 1 aromatic carbocycles. The summed E-state index contributed by atoms with van der Waals surface area (Å²) in [5, 5.41) is 3.35. The number of nitrogens with zero attached hydrogens (tertiary/aromatic N) is 5. The van der Waals surface area contributed by atoms with Gasteiger partial charge in [-0.3, -0.25) is 4.79 Å². The van der Waals surface area contributed by atoms with Gasteiger partial charge in [-0.2, -0.15) is 18.2 Å². The minimum Gasteiger partial charge on any atom is -0.353 e. The smallest absolute Gasteiger partial charge is 0.353 e. The molecule has 1 amide bonds. The van der Waals surface area contributed by atoms with Crippen LogP contribution >= 0.6 is 0 Å². The number of alkyl halides is 3. The van der Waals surface area contributed by atoms with E-state index >= 15 is 0 Å². The molecule has 0 unspecified atom stereocenters. The molecule has 30 heavy (non-hydrogen) atoms. The number of amides is 1. The lowest BCUT2D eigenvalue weighted by atomic mass is 10.1. The van der Waals surface area contributed by atoms with Gasteiger partial charge in [0.05, 0.1) is 0 Å². The van der Waals surface area contributed by atoms with Gasteiger partial charge in [0.1, 0.15) is 5.82 Å². The Morgan fingerprint density at radius 3 is 2.30 bits per heavy atom. The molecule has 0 radical (unpaired) electrons. The molecule has 0 bridgehead atoms. The predicted molar refractivity (Wildman–Crippen MR) is 102 cm³/mol. The van der Waals surface area contributed by atoms with Gasteiger partial charge in [0, 0.05) is 43.5 Å². The third-order valence-corrected chi connectivity index (χ3v) is 4.86. The van der Waals surface area contributed by atoms with E-state index < -0.39 is 12.1 Å². The van der Waals surface area contributed by atoms with Crippen LogP contribution in [0.3, 0.4) is 0 Å². The Bertz CT molecular complexity index is 1020. The lowest BCUT2D eigenvalue weighted by Crippen LogP contribution is -2.49. The van der Waals surface area contributed by atoms with Gasteiger partial charge < -0.3 is 14.3 Å². The molecule has 0 N–H and O–H groups in total. The summed E-state index contributed by atoms with van der Waals surface area (Å²) in [7, 11) is 0. The Labute approximate surface area is 170 Å². The van der Waals surface area contributed by atoms with Crippen LogP contribution in [0.2, 0.25) is 0 Å². The maximum absolute atomic E-state index is 12.6. The normalized spacial score (nSPS) is 14.8. The summed E-state index contributed by atoms with van der Waals surface area (Å²) in [6.07, 6.45) is -3.28. The number of carbonyl (C=O) groups is 1. The van der Waals surface area contributed by atoms with Gasteiger partial charge in [-0.1, -0.05) is 22.9 Å². The van der Waals surface area contributed by atoms with E-state index in [1.165, 1.54) is 6.20 Å². The predicted octanol–water partition coefficient (Wildman–Crippen LogP) is 3.42. The van der Waals surface area contributed by atoms with Crippen LogP contribution in [-0.4, -0.2) is 52.1 Å². The zero-order valence-corrected chi connectivity index (χ0v) is 16.1. The fourth-order valence-electron chi connectivity index (χ4n) is 3.18. The van der Waals surface area contributed by atoms with E-state index in [-0.39, 0.29) is 11.7 Å². The first-order valence-corrected chi connectivity index (χ1v) is 9.29. The molecule has 3 heterocycles. The number of hydrogen-bond donors (Lipinski definition) is 0. The molecule has 156 valence electrons. The molecular formula is C20H18F3N5O2. The van der Waals surface area contributed by atoms with Crippen LogP contribution in [0.4, 0.5) is 19.0 Å². The minimum atomic E-state index is -4.69. The summed E-state index contributed by atoms with van der Waals surface area (Å²) >= 11 is 0. The first kappa shape index (κ1) is 19.9. The number of halogens is 3. The Hall–Kier alpha value is -3.43. The molecule has 3 aromatic rings. The van der Waals surface area contributed by atoms with E-state index in [1.807, 2.05) is 36.1 Å². The summed E-state index contributed by atoms with van der Waals surface area (Å²) < 4.78 is 42.0. The monoisotopic (exact) mass is 417 g/mol. The summed E-state index contributed by atoms with van der Waals surface area (Å²) in [6, 6.07) is 10.8. The van der Waals surface area contributed by atoms with Crippen molar-refractivity contribution in [3.8, 4) is 11.4 Å². The Morgan fingerprint density at radius 1 is 1.03 bits per heavy atom. The fraction of sp³-hybridized carbons (Fsp3) is 0.300. The first-order valence-electron chi connectivity index (χ1n) is 9.29. The lowest BCUT2D eigenvalue weighted by molar-refractivity contribution is -0.159. The van der Waals surface area contributed by atoms with E-state index in [9.17, 15) is 18.0 Å². The summed E-state index contributed by atoms with van der Waals surface area (Å²) in [6.45, 7) is 4.28. The summed E-state index contributed by atoms with van der Waals surface area (Å²) in [5.74, 6) is -0.901. The van der Waals surface area contributed by atoms with Crippen molar-refractivity contribution in [3.63, 3.8) is 0 Å². The van der Waals surface area contributed by atoms with E-state index in [0.717, 1.165) is 5.56 Å². The number of aryl methyl sites for hydroxylation is 1. The maximum Gasteiger partial charge on any atom is 0.471 e. The highest BCUT2D eigenvalue weighted by Crippen LogP contribution is 2.29. The van der Waals surface area contributed by atoms with E-state index in [0.29, 0.717) is 43.1 Å². The highest BCUT2D eigenvalue weighted by molar-refractivity contribution is 5.94. The maximum atomic E-state index is 12.6. The topological polar surface area (TPSA) is 75.4 Å². The van der Waals surface area contributed by atoms with Crippen LogP contribution in [0.5, 0.6) is 0 Å². The molecule has 1 saturated heterocycles. The zero-order valence-electron chi connectivity index (χ0n) is 16.1. The van der Waals surface area contributed by atoms with Gasteiger partial charge >= 0.3 is 12.1 Å². The Kier molecular flexibility index (Phi) is 5.15. The largest absolute Gasteiger partial charge is 0.471 e.